The zero-order valence-electron chi connectivity index (χ0n) is 15.0. The van der Waals surface area contributed by atoms with Gasteiger partial charge in [0.2, 0.25) is 5.91 Å². The lowest BCUT2D eigenvalue weighted by atomic mass is 9.87. The molecule has 2 aromatic rings. The number of halogens is 2. The van der Waals surface area contributed by atoms with Crippen LogP contribution in [0.2, 0.25) is 0 Å². The van der Waals surface area contributed by atoms with Crippen molar-refractivity contribution in [3.63, 3.8) is 0 Å². The van der Waals surface area contributed by atoms with Crippen molar-refractivity contribution < 1.29 is 4.79 Å². The van der Waals surface area contributed by atoms with Crippen molar-refractivity contribution in [2.24, 2.45) is 11.1 Å². The highest BCUT2D eigenvalue weighted by molar-refractivity contribution is 7.09. The maximum Gasteiger partial charge on any atom is 0.237 e. The van der Waals surface area contributed by atoms with E-state index in [1.54, 1.807) is 11.3 Å². The van der Waals surface area contributed by atoms with Crippen LogP contribution in [-0.2, 0) is 11.2 Å². The topological polar surface area (TPSA) is 68.0 Å². The van der Waals surface area contributed by atoms with Crippen molar-refractivity contribution in [1.29, 1.82) is 0 Å². The molecule has 0 bridgehead atoms. The minimum absolute atomic E-state index is 0. The summed E-state index contributed by atoms with van der Waals surface area (Å²) < 4.78 is 0. The molecule has 0 aliphatic carbocycles. The van der Waals surface area contributed by atoms with Crippen LogP contribution < -0.4 is 11.1 Å². The average molecular weight is 404 g/mol. The lowest BCUT2D eigenvalue weighted by Crippen LogP contribution is -2.48. The fraction of sp³-hybridized carbons (Fsp3) is 0.444. The molecular formula is C18H27Cl2N3OS. The number of carbonyl (C=O) groups excluding carboxylic acids is 1. The number of rotatable bonds is 5. The summed E-state index contributed by atoms with van der Waals surface area (Å²) in [4.78, 5) is 16.5. The van der Waals surface area contributed by atoms with Gasteiger partial charge >= 0.3 is 0 Å². The number of aromatic nitrogens is 1. The Morgan fingerprint density at radius 2 is 1.84 bits per heavy atom. The SMILES string of the molecule is Cc1nc(-c2ccc(CCNC(=O)[C@@H](N)C(C)(C)C)cc2)cs1.Cl.Cl. The number of hydrogen-bond acceptors (Lipinski definition) is 4. The van der Waals surface area contributed by atoms with E-state index in [4.69, 9.17) is 5.73 Å². The van der Waals surface area contributed by atoms with Crippen molar-refractivity contribution in [1.82, 2.24) is 10.3 Å². The van der Waals surface area contributed by atoms with Crippen LogP contribution in [0.25, 0.3) is 11.3 Å². The largest absolute Gasteiger partial charge is 0.354 e. The van der Waals surface area contributed by atoms with Crippen molar-refractivity contribution in [3.05, 3.63) is 40.2 Å². The van der Waals surface area contributed by atoms with Crippen molar-refractivity contribution >= 4 is 42.1 Å². The van der Waals surface area contributed by atoms with E-state index in [0.29, 0.717) is 6.54 Å². The zero-order valence-corrected chi connectivity index (χ0v) is 17.5. The van der Waals surface area contributed by atoms with E-state index in [1.165, 1.54) is 5.56 Å². The van der Waals surface area contributed by atoms with Gasteiger partial charge in [-0.3, -0.25) is 4.79 Å². The van der Waals surface area contributed by atoms with Crippen LogP contribution in [0, 0.1) is 12.3 Å². The van der Waals surface area contributed by atoms with Gasteiger partial charge in [0.25, 0.3) is 0 Å². The van der Waals surface area contributed by atoms with Gasteiger partial charge in [0.1, 0.15) is 0 Å². The fourth-order valence-corrected chi connectivity index (χ4v) is 2.79. The minimum atomic E-state index is -0.488. The molecule has 4 nitrogen and oxygen atoms in total. The van der Waals surface area contributed by atoms with E-state index >= 15 is 0 Å². The third-order valence-corrected chi connectivity index (χ3v) is 4.57. The lowest BCUT2D eigenvalue weighted by molar-refractivity contribution is -0.124. The second-order valence-electron chi connectivity index (χ2n) is 6.83. The van der Waals surface area contributed by atoms with Crippen molar-refractivity contribution in [2.45, 2.75) is 40.2 Å². The molecule has 1 atom stereocenters. The fourth-order valence-electron chi connectivity index (χ4n) is 2.17. The maximum atomic E-state index is 12.0. The number of carbonyl (C=O) groups is 1. The van der Waals surface area contributed by atoms with E-state index in [1.807, 2.05) is 27.7 Å². The first-order valence-electron chi connectivity index (χ1n) is 7.82. The highest BCUT2D eigenvalue weighted by Crippen LogP contribution is 2.22. The van der Waals surface area contributed by atoms with Crippen LogP contribution in [0.15, 0.2) is 29.6 Å². The van der Waals surface area contributed by atoms with Crippen molar-refractivity contribution in [3.8, 4) is 11.3 Å². The highest BCUT2D eigenvalue weighted by Gasteiger charge is 2.26. The molecule has 0 saturated carbocycles. The van der Waals surface area contributed by atoms with Crippen LogP contribution >= 0.6 is 36.2 Å². The van der Waals surface area contributed by atoms with Crippen molar-refractivity contribution in [2.75, 3.05) is 6.54 Å². The molecule has 0 fully saturated rings. The number of nitrogens with one attached hydrogen (secondary N) is 1. The van der Waals surface area contributed by atoms with E-state index in [-0.39, 0.29) is 36.1 Å². The second-order valence-corrected chi connectivity index (χ2v) is 7.90. The number of nitrogens with two attached hydrogens (primary N) is 1. The van der Waals surface area contributed by atoms with Gasteiger partial charge in [0.05, 0.1) is 16.7 Å². The molecule has 1 amide bonds. The maximum absolute atomic E-state index is 12.0. The number of nitrogens with zero attached hydrogens (tertiary/aromatic N) is 1. The van der Waals surface area contributed by atoms with Gasteiger partial charge in [-0.2, -0.15) is 0 Å². The standard InChI is InChI=1S/C18H25N3OS.2ClH/c1-12-21-15(11-23-12)14-7-5-13(6-8-14)9-10-20-17(22)16(19)18(2,3)4;;/h5-8,11,16H,9-10,19H2,1-4H3,(H,20,22);2*1H/t16-;;/m1../s1. The van der Waals surface area contributed by atoms with Gasteiger partial charge in [-0.1, -0.05) is 45.0 Å². The summed E-state index contributed by atoms with van der Waals surface area (Å²) in [6.45, 7) is 8.51. The molecule has 1 heterocycles. The first kappa shape index (κ1) is 23.9. The number of benzene rings is 1. The summed E-state index contributed by atoms with van der Waals surface area (Å²) in [6.07, 6.45) is 0.791. The Kier molecular flexibility index (Phi) is 9.66. The normalized spacial score (nSPS) is 11.9. The highest BCUT2D eigenvalue weighted by atomic mass is 35.5. The van der Waals surface area contributed by atoms with Gasteiger partial charge in [-0.15, -0.1) is 36.2 Å². The molecular weight excluding hydrogens is 377 g/mol. The Bertz CT molecular complexity index is 666. The van der Waals surface area contributed by atoms with E-state index in [0.717, 1.165) is 22.7 Å². The average Bonchev–Trinajstić information content (AvgIpc) is 2.92. The Labute approximate surface area is 166 Å². The van der Waals surface area contributed by atoms with Crippen LogP contribution in [0.5, 0.6) is 0 Å². The summed E-state index contributed by atoms with van der Waals surface area (Å²) in [5.41, 5.74) is 9.04. The molecule has 0 unspecified atom stereocenters. The van der Waals surface area contributed by atoms with E-state index in [9.17, 15) is 4.79 Å². The number of hydrogen-bond donors (Lipinski definition) is 2. The predicted octanol–water partition coefficient (Wildman–Crippen LogP) is 3.99. The van der Waals surface area contributed by atoms with E-state index in [2.05, 4.69) is 39.9 Å². The summed E-state index contributed by atoms with van der Waals surface area (Å²) in [5.74, 6) is -0.0907. The number of aryl methyl sites for hydroxylation is 1. The Balaban J connectivity index is 0.00000288. The third kappa shape index (κ3) is 6.94. The molecule has 0 aliphatic heterocycles. The molecule has 2 rings (SSSR count). The molecule has 1 aromatic carbocycles. The van der Waals surface area contributed by atoms with E-state index < -0.39 is 6.04 Å². The zero-order chi connectivity index (χ0) is 17.0. The van der Waals surface area contributed by atoms with Gasteiger partial charge in [-0.05, 0) is 24.3 Å². The molecule has 1 aromatic heterocycles. The third-order valence-electron chi connectivity index (χ3n) is 3.80. The smallest absolute Gasteiger partial charge is 0.237 e. The second kappa shape index (κ2) is 10.1. The van der Waals surface area contributed by atoms with Gasteiger partial charge in [0, 0.05) is 17.5 Å². The number of thiazole rings is 1. The lowest BCUT2D eigenvalue weighted by Gasteiger charge is -2.25. The van der Waals surface area contributed by atoms with Gasteiger partial charge in [-0.25, -0.2) is 4.98 Å². The Morgan fingerprint density at radius 1 is 1.24 bits per heavy atom. The predicted molar refractivity (Wildman–Crippen MR) is 111 cm³/mol. The van der Waals surface area contributed by atoms with Crippen LogP contribution in [0.1, 0.15) is 31.3 Å². The molecule has 0 spiro atoms. The molecule has 140 valence electrons. The molecule has 0 saturated heterocycles. The van der Waals surface area contributed by atoms with Gasteiger partial charge < -0.3 is 11.1 Å². The monoisotopic (exact) mass is 403 g/mol. The summed E-state index contributed by atoms with van der Waals surface area (Å²) in [7, 11) is 0. The molecule has 7 heteroatoms. The summed E-state index contributed by atoms with van der Waals surface area (Å²) >= 11 is 1.65. The summed E-state index contributed by atoms with van der Waals surface area (Å²) in [5, 5.41) is 6.05. The Morgan fingerprint density at radius 3 is 2.32 bits per heavy atom. The van der Waals surface area contributed by atoms with Crippen LogP contribution in [0.3, 0.4) is 0 Å². The molecule has 0 aliphatic rings. The number of amides is 1. The molecule has 25 heavy (non-hydrogen) atoms. The first-order chi connectivity index (χ1) is 10.8. The van der Waals surface area contributed by atoms with Crippen LogP contribution in [-0.4, -0.2) is 23.5 Å². The minimum Gasteiger partial charge on any atom is -0.354 e. The van der Waals surface area contributed by atoms with Gasteiger partial charge in [0.15, 0.2) is 0 Å². The first-order valence-corrected chi connectivity index (χ1v) is 8.70. The molecule has 0 radical (unpaired) electrons. The molecule has 3 N–H and O–H groups in total. The van der Waals surface area contributed by atoms with Crippen LogP contribution in [0.4, 0.5) is 0 Å². The quantitative estimate of drug-likeness (QED) is 0.792. The Hall–Kier alpha value is -1.14. The summed E-state index contributed by atoms with van der Waals surface area (Å²) in [6, 6.07) is 7.83.